The van der Waals surface area contributed by atoms with Crippen LogP contribution in [0.2, 0.25) is 0 Å². The van der Waals surface area contributed by atoms with Gasteiger partial charge in [-0.05, 0) is 13.3 Å². The lowest BCUT2D eigenvalue weighted by molar-refractivity contribution is -0.161. The molecule has 0 aromatic heterocycles. The number of esters is 1. The summed E-state index contributed by atoms with van der Waals surface area (Å²) in [7, 11) is 0. The Bertz CT molecular complexity index is 222. The second-order valence-electron chi connectivity index (χ2n) is 5.39. The molecule has 19 heavy (non-hydrogen) atoms. The maximum Gasteiger partial charge on any atom is 0.306 e. The lowest BCUT2D eigenvalue weighted by Gasteiger charge is -2.28. The maximum absolute atomic E-state index is 11.7. The Balaban J connectivity index is 3.81. The summed E-state index contributed by atoms with van der Waals surface area (Å²) < 4.78 is 5.39. The maximum atomic E-state index is 11.7. The quantitative estimate of drug-likeness (QED) is 0.424. The second kappa shape index (κ2) is 11.2. The van der Waals surface area contributed by atoms with Crippen molar-refractivity contribution >= 4 is 5.97 Å². The molecular formula is C15H30O4. The van der Waals surface area contributed by atoms with Gasteiger partial charge in [0.05, 0.1) is 0 Å². The van der Waals surface area contributed by atoms with Crippen LogP contribution in [0.25, 0.3) is 0 Å². The first-order chi connectivity index (χ1) is 9.08. The molecule has 0 atom stereocenters. The van der Waals surface area contributed by atoms with Crippen LogP contribution in [0.4, 0.5) is 0 Å². The van der Waals surface area contributed by atoms with Crippen molar-refractivity contribution in [3.63, 3.8) is 0 Å². The van der Waals surface area contributed by atoms with Gasteiger partial charge in [0, 0.05) is 32.5 Å². The molecule has 0 saturated carbocycles. The molecular weight excluding hydrogens is 244 g/mol. The number of carbonyl (C=O) groups excluding carboxylic acids is 1. The zero-order valence-corrected chi connectivity index (χ0v) is 12.5. The molecule has 0 radical (unpaired) electrons. The first kappa shape index (κ1) is 18.4. The van der Waals surface area contributed by atoms with E-state index in [-0.39, 0.29) is 19.2 Å². The van der Waals surface area contributed by atoms with E-state index in [1.54, 1.807) is 6.92 Å². The van der Waals surface area contributed by atoms with Gasteiger partial charge in [-0.3, -0.25) is 4.79 Å². The van der Waals surface area contributed by atoms with Crippen molar-refractivity contribution in [1.82, 2.24) is 0 Å². The standard InChI is InChI=1S/C15H30O4/c1-3-4-5-6-7-8-9-14(18)19-15(2,10-12-16)11-13-17/h16-17H,3-13H2,1-2H3. The third kappa shape index (κ3) is 9.91. The van der Waals surface area contributed by atoms with Gasteiger partial charge in [0.2, 0.25) is 0 Å². The SMILES string of the molecule is CCCCCCCCC(=O)OC(C)(CCO)CCO. The van der Waals surface area contributed by atoms with Crippen molar-refractivity contribution in [2.75, 3.05) is 13.2 Å². The molecule has 114 valence electrons. The summed E-state index contributed by atoms with van der Waals surface area (Å²) >= 11 is 0. The molecule has 0 aromatic carbocycles. The summed E-state index contributed by atoms with van der Waals surface area (Å²) in [5, 5.41) is 17.9. The van der Waals surface area contributed by atoms with E-state index in [1.165, 1.54) is 25.7 Å². The summed E-state index contributed by atoms with van der Waals surface area (Å²) in [4.78, 5) is 11.7. The molecule has 0 aliphatic heterocycles. The monoisotopic (exact) mass is 274 g/mol. The predicted octanol–water partition coefficient (Wildman–Crippen LogP) is 2.80. The topological polar surface area (TPSA) is 66.8 Å². The summed E-state index contributed by atoms with van der Waals surface area (Å²) in [6.07, 6.45) is 7.98. The number of carbonyl (C=O) groups is 1. The van der Waals surface area contributed by atoms with E-state index in [2.05, 4.69) is 6.92 Å². The normalized spacial score (nSPS) is 11.6. The van der Waals surface area contributed by atoms with Crippen molar-refractivity contribution in [3.8, 4) is 0 Å². The molecule has 0 amide bonds. The van der Waals surface area contributed by atoms with Gasteiger partial charge in [-0.2, -0.15) is 0 Å². The fourth-order valence-corrected chi connectivity index (χ4v) is 2.08. The fraction of sp³-hybridized carbons (Fsp3) is 0.933. The number of aliphatic hydroxyl groups is 2. The molecule has 0 aliphatic carbocycles. The fourth-order valence-electron chi connectivity index (χ4n) is 2.08. The van der Waals surface area contributed by atoms with Crippen LogP contribution in [0.5, 0.6) is 0 Å². The first-order valence-corrected chi connectivity index (χ1v) is 7.51. The largest absolute Gasteiger partial charge is 0.459 e. The molecule has 0 heterocycles. The van der Waals surface area contributed by atoms with Crippen LogP contribution in [-0.4, -0.2) is 35.0 Å². The molecule has 2 N–H and O–H groups in total. The Morgan fingerprint density at radius 1 is 1.00 bits per heavy atom. The van der Waals surface area contributed by atoms with Crippen LogP contribution in [0.1, 0.15) is 71.6 Å². The van der Waals surface area contributed by atoms with Crippen LogP contribution in [0.15, 0.2) is 0 Å². The Hall–Kier alpha value is -0.610. The van der Waals surface area contributed by atoms with E-state index in [1.807, 2.05) is 0 Å². The highest BCUT2D eigenvalue weighted by Gasteiger charge is 2.27. The zero-order chi connectivity index (χ0) is 14.6. The van der Waals surface area contributed by atoms with Gasteiger partial charge in [0.15, 0.2) is 0 Å². The van der Waals surface area contributed by atoms with Gasteiger partial charge in [-0.25, -0.2) is 0 Å². The summed E-state index contributed by atoms with van der Waals surface area (Å²) in [5.74, 6) is -0.222. The first-order valence-electron chi connectivity index (χ1n) is 7.51. The van der Waals surface area contributed by atoms with Gasteiger partial charge in [0.1, 0.15) is 5.60 Å². The smallest absolute Gasteiger partial charge is 0.306 e. The van der Waals surface area contributed by atoms with Crippen molar-refractivity contribution in [2.45, 2.75) is 77.2 Å². The van der Waals surface area contributed by atoms with E-state index in [4.69, 9.17) is 14.9 Å². The summed E-state index contributed by atoms with van der Waals surface area (Å²) in [5.41, 5.74) is -0.733. The minimum atomic E-state index is -0.733. The number of ether oxygens (including phenoxy) is 1. The van der Waals surface area contributed by atoms with Gasteiger partial charge >= 0.3 is 5.97 Å². The lowest BCUT2D eigenvalue weighted by Crippen LogP contribution is -2.34. The van der Waals surface area contributed by atoms with Crippen molar-refractivity contribution in [3.05, 3.63) is 0 Å². The summed E-state index contributed by atoms with van der Waals surface area (Å²) in [6, 6.07) is 0. The van der Waals surface area contributed by atoms with Crippen molar-refractivity contribution < 1.29 is 19.7 Å². The van der Waals surface area contributed by atoms with Gasteiger partial charge in [-0.15, -0.1) is 0 Å². The predicted molar refractivity (Wildman–Crippen MR) is 75.9 cm³/mol. The molecule has 0 spiro atoms. The molecule has 0 saturated heterocycles. The third-order valence-corrected chi connectivity index (χ3v) is 3.38. The van der Waals surface area contributed by atoms with E-state index in [0.29, 0.717) is 19.3 Å². The van der Waals surface area contributed by atoms with Crippen LogP contribution in [0.3, 0.4) is 0 Å². The van der Waals surface area contributed by atoms with E-state index in [9.17, 15) is 4.79 Å². The highest BCUT2D eigenvalue weighted by molar-refractivity contribution is 5.69. The summed E-state index contributed by atoms with van der Waals surface area (Å²) in [6.45, 7) is 3.86. The molecule has 4 nitrogen and oxygen atoms in total. The molecule has 0 rings (SSSR count). The number of hydrogen-bond acceptors (Lipinski definition) is 4. The van der Waals surface area contributed by atoms with E-state index >= 15 is 0 Å². The van der Waals surface area contributed by atoms with Crippen molar-refractivity contribution in [2.24, 2.45) is 0 Å². The number of rotatable bonds is 12. The Kier molecular flexibility index (Phi) is 10.9. The van der Waals surface area contributed by atoms with Crippen LogP contribution < -0.4 is 0 Å². The van der Waals surface area contributed by atoms with Gasteiger partial charge in [0.25, 0.3) is 0 Å². The molecule has 0 aromatic rings. The number of aliphatic hydroxyl groups excluding tert-OH is 2. The van der Waals surface area contributed by atoms with E-state index in [0.717, 1.165) is 12.8 Å². The third-order valence-electron chi connectivity index (χ3n) is 3.38. The van der Waals surface area contributed by atoms with Crippen molar-refractivity contribution in [1.29, 1.82) is 0 Å². The molecule has 0 bridgehead atoms. The molecule has 0 aliphatic rings. The van der Waals surface area contributed by atoms with Gasteiger partial charge < -0.3 is 14.9 Å². The van der Waals surface area contributed by atoms with E-state index < -0.39 is 5.60 Å². The minimum Gasteiger partial charge on any atom is -0.459 e. The molecule has 0 fully saturated rings. The number of hydrogen-bond donors (Lipinski definition) is 2. The average Bonchev–Trinajstić information content (AvgIpc) is 2.33. The Morgan fingerprint density at radius 3 is 2.05 bits per heavy atom. The van der Waals surface area contributed by atoms with Crippen LogP contribution >= 0.6 is 0 Å². The van der Waals surface area contributed by atoms with Crippen LogP contribution in [0, 0.1) is 0 Å². The molecule has 4 heteroatoms. The van der Waals surface area contributed by atoms with Crippen LogP contribution in [-0.2, 0) is 9.53 Å². The number of unbranched alkanes of at least 4 members (excludes halogenated alkanes) is 5. The van der Waals surface area contributed by atoms with Gasteiger partial charge in [-0.1, -0.05) is 39.0 Å². The Morgan fingerprint density at radius 2 is 1.53 bits per heavy atom. The second-order valence-corrected chi connectivity index (χ2v) is 5.39. The lowest BCUT2D eigenvalue weighted by atomic mass is 9.98. The highest BCUT2D eigenvalue weighted by Crippen LogP contribution is 2.21. The minimum absolute atomic E-state index is 0.0409. The molecule has 0 unspecified atom stereocenters. The Labute approximate surface area is 117 Å². The zero-order valence-electron chi connectivity index (χ0n) is 12.5. The average molecular weight is 274 g/mol. The highest BCUT2D eigenvalue weighted by atomic mass is 16.6.